The molecule has 0 aliphatic heterocycles. The normalized spacial score (nSPS) is 10.9. The van der Waals surface area contributed by atoms with Crippen molar-refractivity contribution in [3.05, 3.63) is 95.8 Å². The number of pyridine rings is 1. The third kappa shape index (κ3) is 4.26. The molecule has 2 heterocycles. The zero-order chi connectivity index (χ0) is 18.5. The summed E-state index contributed by atoms with van der Waals surface area (Å²) in [5.41, 5.74) is 4.75. The van der Waals surface area contributed by atoms with Crippen molar-refractivity contribution in [2.75, 3.05) is 0 Å². The van der Waals surface area contributed by atoms with Gasteiger partial charge in [0.05, 0.1) is 6.54 Å². The molecule has 27 heavy (non-hydrogen) atoms. The summed E-state index contributed by atoms with van der Waals surface area (Å²) in [5.74, 6) is 1.71. The first-order valence-corrected chi connectivity index (χ1v) is 9.84. The molecule has 0 saturated carbocycles. The lowest BCUT2D eigenvalue weighted by atomic mass is 10.2. The van der Waals surface area contributed by atoms with Crippen molar-refractivity contribution in [2.45, 2.75) is 24.4 Å². The van der Waals surface area contributed by atoms with Crippen LogP contribution >= 0.6 is 11.8 Å². The molecule has 2 aromatic heterocycles. The maximum absolute atomic E-state index is 4.47. The summed E-state index contributed by atoms with van der Waals surface area (Å²) < 4.78 is 2.17. The molecule has 0 atom stereocenters. The Bertz CT molecular complexity index is 996. The van der Waals surface area contributed by atoms with Gasteiger partial charge < -0.3 is 0 Å². The first-order valence-electron chi connectivity index (χ1n) is 8.85. The number of hydrogen-bond acceptors (Lipinski definition) is 4. The van der Waals surface area contributed by atoms with Crippen molar-refractivity contribution in [3.63, 3.8) is 0 Å². The van der Waals surface area contributed by atoms with Crippen LogP contribution in [0.3, 0.4) is 0 Å². The van der Waals surface area contributed by atoms with E-state index in [9.17, 15) is 0 Å². The first-order chi connectivity index (χ1) is 13.3. The van der Waals surface area contributed by atoms with Gasteiger partial charge in [-0.05, 0) is 30.2 Å². The van der Waals surface area contributed by atoms with Gasteiger partial charge in [0.2, 0.25) is 0 Å². The molecule has 0 spiro atoms. The molecule has 5 heteroatoms. The molecule has 0 saturated heterocycles. The highest BCUT2D eigenvalue weighted by molar-refractivity contribution is 7.98. The lowest BCUT2D eigenvalue weighted by molar-refractivity contribution is 0.714. The highest BCUT2D eigenvalue weighted by Gasteiger charge is 2.15. The van der Waals surface area contributed by atoms with Crippen molar-refractivity contribution in [1.29, 1.82) is 0 Å². The van der Waals surface area contributed by atoms with Gasteiger partial charge in [0.1, 0.15) is 0 Å². The second kappa shape index (κ2) is 8.18. The number of aromatic nitrogens is 4. The van der Waals surface area contributed by atoms with Crippen LogP contribution in [0.4, 0.5) is 0 Å². The van der Waals surface area contributed by atoms with E-state index in [2.05, 4.69) is 75.2 Å². The van der Waals surface area contributed by atoms with Gasteiger partial charge in [-0.25, -0.2) is 0 Å². The van der Waals surface area contributed by atoms with Crippen molar-refractivity contribution in [1.82, 2.24) is 19.7 Å². The predicted molar refractivity (Wildman–Crippen MR) is 110 cm³/mol. The van der Waals surface area contributed by atoms with Gasteiger partial charge in [-0.1, -0.05) is 71.9 Å². The van der Waals surface area contributed by atoms with Crippen LogP contribution < -0.4 is 0 Å². The van der Waals surface area contributed by atoms with E-state index in [4.69, 9.17) is 0 Å². The van der Waals surface area contributed by atoms with Crippen LogP contribution in [0.1, 0.15) is 16.7 Å². The highest BCUT2D eigenvalue weighted by atomic mass is 32.2. The molecule has 134 valence electrons. The monoisotopic (exact) mass is 372 g/mol. The van der Waals surface area contributed by atoms with Crippen LogP contribution in [0.2, 0.25) is 0 Å². The quantitative estimate of drug-likeness (QED) is 0.447. The maximum atomic E-state index is 4.47. The molecular weight excluding hydrogens is 352 g/mol. The highest BCUT2D eigenvalue weighted by Crippen LogP contribution is 2.27. The van der Waals surface area contributed by atoms with Crippen LogP contribution in [-0.2, 0) is 12.3 Å². The SMILES string of the molecule is Cc1ccc(CSc2nnc(-c3cccnc3)n2Cc2ccccc2)cc1. The molecule has 4 nitrogen and oxygen atoms in total. The third-order valence-electron chi connectivity index (χ3n) is 4.31. The second-order valence-electron chi connectivity index (χ2n) is 6.39. The van der Waals surface area contributed by atoms with Gasteiger partial charge in [-0.3, -0.25) is 9.55 Å². The number of hydrogen-bond donors (Lipinski definition) is 0. The molecule has 4 aromatic rings. The number of aryl methyl sites for hydroxylation is 1. The topological polar surface area (TPSA) is 43.6 Å². The summed E-state index contributed by atoms with van der Waals surface area (Å²) in [7, 11) is 0. The number of thioether (sulfide) groups is 1. The minimum atomic E-state index is 0.730. The lowest BCUT2D eigenvalue weighted by Crippen LogP contribution is -2.04. The van der Waals surface area contributed by atoms with E-state index in [-0.39, 0.29) is 0 Å². The van der Waals surface area contributed by atoms with E-state index in [1.165, 1.54) is 16.7 Å². The fraction of sp³-hybridized carbons (Fsp3) is 0.136. The van der Waals surface area contributed by atoms with Crippen LogP contribution in [-0.4, -0.2) is 19.7 Å². The standard InChI is InChI=1S/C22H20N4S/c1-17-9-11-19(12-10-17)16-27-22-25-24-21(20-8-5-13-23-14-20)26(22)15-18-6-3-2-4-7-18/h2-14H,15-16H2,1H3. The summed E-state index contributed by atoms with van der Waals surface area (Å²) in [5, 5.41) is 9.85. The van der Waals surface area contributed by atoms with Gasteiger partial charge in [0, 0.05) is 23.7 Å². The van der Waals surface area contributed by atoms with E-state index in [0.717, 1.165) is 28.8 Å². The summed E-state index contributed by atoms with van der Waals surface area (Å²) in [4.78, 5) is 4.23. The van der Waals surface area contributed by atoms with Gasteiger partial charge >= 0.3 is 0 Å². The minimum absolute atomic E-state index is 0.730. The average Bonchev–Trinajstić information content (AvgIpc) is 3.11. The first kappa shape index (κ1) is 17.5. The van der Waals surface area contributed by atoms with Gasteiger partial charge in [0.15, 0.2) is 11.0 Å². The van der Waals surface area contributed by atoms with Crippen LogP contribution in [0.25, 0.3) is 11.4 Å². The number of benzene rings is 2. The molecule has 0 aliphatic rings. The van der Waals surface area contributed by atoms with Crippen LogP contribution in [0.5, 0.6) is 0 Å². The van der Waals surface area contributed by atoms with Gasteiger partial charge in [-0.2, -0.15) is 0 Å². The smallest absolute Gasteiger partial charge is 0.192 e. The van der Waals surface area contributed by atoms with Crippen LogP contribution in [0.15, 0.2) is 84.3 Å². The number of nitrogens with zero attached hydrogens (tertiary/aromatic N) is 4. The summed E-state index contributed by atoms with van der Waals surface area (Å²) in [6.45, 7) is 2.84. The summed E-state index contributed by atoms with van der Waals surface area (Å²) >= 11 is 1.71. The average molecular weight is 372 g/mol. The maximum Gasteiger partial charge on any atom is 0.192 e. The second-order valence-corrected chi connectivity index (χ2v) is 7.34. The molecule has 0 aliphatic carbocycles. The Balaban J connectivity index is 1.64. The summed E-state index contributed by atoms with van der Waals surface area (Å²) in [6.07, 6.45) is 3.61. The Kier molecular flexibility index (Phi) is 5.30. The molecule has 2 aromatic carbocycles. The molecule has 0 fully saturated rings. The minimum Gasteiger partial charge on any atom is -0.297 e. The molecule has 0 unspecified atom stereocenters. The Hall–Kier alpha value is -2.92. The predicted octanol–water partition coefficient (Wildman–Crippen LogP) is 4.99. The van der Waals surface area contributed by atoms with Crippen molar-refractivity contribution in [2.24, 2.45) is 0 Å². The Morgan fingerprint density at radius 1 is 0.852 bits per heavy atom. The van der Waals surface area contributed by atoms with Crippen molar-refractivity contribution >= 4 is 11.8 Å². The fourth-order valence-corrected chi connectivity index (χ4v) is 3.74. The molecular formula is C22H20N4S. The Labute approximate surface area is 163 Å². The number of rotatable bonds is 6. The molecule has 0 amide bonds. The zero-order valence-corrected chi connectivity index (χ0v) is 15.9. The van der Waals surface area contributed by atoms with Crippen molar-refractivity contribution in [3.8, 4) is 11.4 Å². The Morgan fingerprint density at radius 3 is 2.41 bits per heavy atom. The van der Waals surface area contributed by atoms with Crippen molar-refractivity contribution < 1.29 is 0 Å². The fourth-order valence-electron chi connectivity index (χ4n) is 2.84. The molecule has 0 radical (unpaired) electrons. The largest absolute Gasteiger partial charge is 0.297 e. The zero-order valence-electron chi connectivity index (χ0n) is 15.1. The Morgan fingerprint density at radius 2 is 1.67 bits per heavy atom. The van der Waals surface area contributed by atoms with Gasteiger partial charge in [0.25, 0.3) is 0 Å². The van der Waals surface area contributed by atoms with Crippen LogP contribution in [0, 0.1) is 6.92 Å². The van der Waals surface area contributed by atoms with E-state index >= 15 is 0 Å². The van der Waals surface area contributed by atoms with Gasteiger partial charge in [-0.15, -0.1) is 10.2 Å². The molecule has 0 bridgehead atoms. The van der Waals surface area contributed by atoms with E-state index < -0.39 is 0 Å². The van der Waals surface area contributed by atoms with E-state index in [1.54, 1.807) is 18.0 Å². The molecule has 0 N–H and O–H groups in total. The summed E-state index contributed by atoms with van der Waals surface area (Å²) in [6, 6.07) is 23.0. The van der Waals surface area contributed by atoms with E-state index in [1.807, 2.05) is 24.4 Å². The van der Waals surface area contributed by atoms with E-state index in [0.29, 0.717) is 0 Å². The third-order valence-corrected chi connectivity index (χ3v) is 5.35. The molecule has 4 rings (SSSR count). The lowest BCUT2D eigenvalue weighted by Gasteiger charge is -2.10.